The molecule has 90 valence electrons. The predicted molar refractivity (Wildman–Crippen MR) is 66.7 cm³/mol. The normalized spacial score (nSPS) is 21.2. The van der Waals surface area contributed by atoms with Crippen LogP contribution in [0.3, 0.4) is 0 Å². The molecule has 1 aromatic rings. The van der Waals surface area contributed by atoms with E-state index < -0.39 is 0 Å². The van der Waals surface area contributed by atoms with E-state index in [2.05, 4.69) is 16.9 Å². The molecule has 2 heterocycles. The van der Waals surface area contributed by atoms with Gasteiger partial charge in [-0.1, -0.05) is 0 Å². The molecule has 1 aliphatic heterocycles. The molecule has 3 nitrogen and oxygen atoms in total. The van der Waals surface area contributed by atoms with E-state index in [1.807, 2.05) is 6.20 Å². The summed E-state index contributed by atoms with van der Waals surface area (Å²) in [6.45, 7) is 4.21. The molecule has 0 bridgehead atoms. The molecular formula is C12H20N2OS. The molecule has 1 atom stereocenters. The van der Waals surface area contributed by atoms with Crippen molar-refractivity contribution in [2.75, 3.05) is 20.1 Å². The van der Waals surface area contributed by atoms with E-state index in [1.54, 1.807) is 18.3 Å². The first-order valence-electron chi connectivity index (χ1n) is 5.96. The zero-order valence-electron chi connectivity index (χ0n) is 10.0. The minimum Gasteiger partial charge on any atom is -0.388 e. The molecule has 0 amide bonds. The zero-order valence-corrected chi connectivity index (χ0v) is 10.8. The van der Waals surface area contributed by atoms with Crippen LogP contribution in [0.25, 0.3) is 0 Å². The first-order chi connectivity index (χ1) is 7.65. The zero-order chi connectivity index (χ0) is 11.5. The predicted octanol–water partition coefficient (Wildman–Crippen LogP) is 2.08. The summed E-state index contributed by atoms with van der Waals surface area (Å²) in [7, 11) is 2.19. The molecule has 0 aromatic carbocycles. The van der Waals surface area contributed by atoms with Gasteiger partial charge in [0.05, 0.1) is 16.0 Å². The molecule has 1 unspecified atom stereocenters. The third kappa shape index (κ3) is 3.03. The summed E-state index contributed by atoms with van der Waals surface area (Å²) in [4.78, 5) is 7.77. The Morgan fingerprint density at radius 3 is 2.81 bits per heavy atom. The number of likely N-dealkylation sites (tertiary alicyclic amines) is 1. The Bertz CT molecular complexity index is 330. The fourth-order valence-corrected chi connectivity index (χ4v) is 3.10. The third-order valence-electron chi connectivity index (χ3n) is 3.28. The van der Waals surface area contributed by atoms with Crippen molar-refractivity contribution in [1.82, 2.24) is 9.88 Å². The Hall–Kier alpha value is -0.450. The highest BCUT2D eigenvalue weighted by Crippen LogP contribution is 2.26. The number of aliphatic hydroxyl groups excluding tert-OH is 1. The SMILES string of the molecule is CC(O)c1cnc(CC2CCN(C)CC2)s1. The number of hydrogen-bond donors (Lipinski definition) is 1. The van der Waals surface area contributed by atoms with E-state index in [-0.39, 0.29) is 6.10 Å². The van der Waals surface area contributed by atoms with Crippen LogP contribution in [0.5, 0.6) is 0 Å². The molecular weight excluding hydrogens is 220 g/mol. The topological polar surface area (TPSA) is 36.4 Å². The molecule has 0 spiro atoms. The van der Waals surface area contributed by atoms with Crippen LogP contribution in [-0.4, -0.2) is 35.1 Å². The van der Waals surface area contributed by atoms with Gasteiger partial charge in [0.1, 0.15) is 0 Å². The summed E-state index contributed by atoms with van der Waals surface area (Å²) < 4.78 is 0. The lowest BCUT2D eigenvalue weighted by Crippen LogP contribution is -2.30. The van der Waals surface area contributed by atoms with Crippen LogP contribution in [0.1, 0.15) is 35.8 Å². The van der Waals surface area contributed by atoms with Crippen LogP contribution in [0.15, 0.2) is 6.20 Å². The number of hydrogen-bond acceptors (Lipinski definition) is 4. The van der Waals surface area contributed by atoms with E-state index in [1.165, 1.54) is 30.9 Å². The minimum absolute atomic E-state index is 0.372. The van der Waals surface area contributed by atoms with Crippen molar-refractivity contribution >= 4 is 11.3 Å². The molecule has 1 fully saturated rings. The van der Waals surface area contributed by atoms with E-state index in [9.17, 15) is 5.11 Å². The Morgan fingerprint density at radius 1 is 1.56 bits per heavy atom. The van der Waals surface area contributed by atoms with Gasteiger partial charge in [0.25, 0.3) is 0 Å². The quantitative estimate of drug-likeness (QED) is 0.879. The van der Waals surface area contributed by atoms with E-state index >= 15 is 0 Å². The number of aliphatic hydroxyl groups is 1. The van der Waals surface area contributed by atoms with Gasteiger partial charge in [0, 0.05) is 12.6 Å². The van der Waals surface area contributed by atoms with Crippen LogP contribution in [0.4, 0.5) is 0 Å². The number of nitrogens with zero attached hydrogens (tertiary/aromatic N) is 2. The first-order valence-corrected chi connectivity index (χ1v) is 6.78. The summed E-state index contributed by atoms with van der Waals surface area (Å²) in [5.74, 6) is 0.782. The van der Waals surface area contributed by atoms with Gasteiger partial charge in [0.15, 0.2) is 0 Å². The fourth-order valence-electron chi connectivity index (χ4n) is 2.13. The second kappa shape index (κ2) is 5.25. The Balaban J connectivity index is 1.88. The van der Waals surface area contributed by atoms with Gasteiger partial charge >= 0.3 is 0 Å². The van der Waals surface area contributed by atoms with Gasteiger partial charge in [-0.05, 0) is 45.8 Å². The van der Waals surface area contributed by atoms with Gasteiger partial charge in [-0.2, -0.15) is 0 Å². The Kier molecular flexibility index (Phi) is 3.95. The second-order valence-corrected chi connectivity index (χ2v) is 5.93. The van der Waals surface area contributed by atoms with Crippen LogP contribution >= 0.6 is 11.3 Å². The lowest BCUT2D eigenvalue weighted by Gasteiger charge is -2.28. The molecule has 1 N–H and O–H groups in total. The molecule has 16 heavy (non-hydrogen) atoms. The molecule has 1 aromatic heterocycles. The average Bonchev–Trinajstić information content (AvgIpc) is 2.70. The largest absolute Gasteiger partial charge is 0.388 e. The summed E-state index contributed by atoms with van der Waals surface area (Å²) in [5.41, 5.74) is 0. The summed E-state index contributed by atoms with van der Waals surface area (Å²) in [5, 5.41) is 10.6. The number of thiazole rings is 1. The van der Waals surface area contributed by atoms with Crippen LogP contribution in [0, 0.1) is 5.92 Å². The molecule has 0 aliphatic carbocycles. The van der Waals surface area contributed by atoms with E-state index in [0.29, 0.717) is 0 Å². The van der Waals surface area contributed by atoms with E-state index in [4.69, 9.17) is 0 Å². The number of aromatic nitrogens is 1. The summed E-state index contributed by atoms with van der Waals surface area (Å²) >= 11 is 1.66. The first kappa shape index (κ1) is 12.0. The minimum atomic E-state index is -0.372. The highest BCUT2D eigenvalue weighted by atomic mass is 32.1. The van der Waals surface area contributed by atoms with Crippen molar-refractivity contribution < 1.29 is 5.11 Å². The molecule has 0 saturated carbocycles. The standard InChI is InChI=1S/C12H20N2OS/c1-9(15)11-8-13-12(16-11)7-10-3-5-14(2)6-4-10/h8-10,15H,3-7H2,1-2H3. The Morgan fingerprint density at radius 2 is 2.25 bits per heavy atom. The molecule has 1 saturated heterocycles. The fraction of sp³-hybridized carbons (Fsp3) is 0.750. The van der Waals surface area contributed by atoms with Gasteiger partial charge in [0.2, 0.25) is 0 Å². The molecule has 0 radical (unpaired) electrons. The number of rotatable bonds is 3. The highest BCUT2D eigenvalue weighted by molar-refractivity contribution is 7.11. The smallest absolute Gasteiger partial charge is 0.0931 e. The van der Waals surface area contributed by atoms with Gasteiger partial charge in [-0.3, -0.25) is 0 Å². The maximum Gasteiger partial charge on any atom is 0.0931 e. The summed E-state index contributed by atoms with van der Waals surface area (Å²) in [6.07, 6.45) is 5.09. The molecule has 4 heteroatoms. The highest BCUT2D eigenvalue weighted by Gasteiger charge is 2.18. The van der Waals surface area contributed by atoms with Gasteiger partial charge in [-0.15, -0.1) is 11.3 Å². The maximum absolute atomic E-state index is 9.44. The number of piperidine rings is 1. The van der Waals surface area contributed by atoms with Crippen LogP contribution in [0.2, 0.25) is 0 Å². The van der Waals surface area contributed by atoms with Gasteiger partial charge < -0.3 is 10.0 Å². The van der Waals surface area contributed by atoms with Crippen LogP contribution in [-0.2, 0) is 6.42 Å². The van der Waals surface area contributed by atoms with Crippen molar-refractivity contribution in [2.45, 2.75) is 32.3 Å². The maximum atomic E-state index is 9.44. The van der Waals surface area contributed by atoms with Crippen molar-refractivity contribution in [3.05, 3.63) is 16.1 Å². The monoisotopic (exact) mass is 240 g/mol. The summed E-state index contributed by atoms with van der Waals surface area (Å²) in [6, 6.07) is 0. The van der Waals surface area contributed by atoms with Crippen molar-refractivity contribution in [2.24, 2.45) is 5.92 Å². The van der Waals surface area contributed by atoms with Crippen LogP contribution < -0.4 is 0 Å². The molecule has 1 aliphatic rings. The average molecular weight is 240 g/mol. The van der Waals surface area contributed by atoms with Crippen molar-refractivity contribution in [1.29, 1.82) is 0 Å². The molecule has 2 rings (SSSR count). The lowest BCUT2D eigenvalue weighted by molar-refractivity contribution is 0.203. The third-order valence-corrected chi connectivity index (χ3v) is 4.47. The van der Waals surface area contributed by atoms with Gasteiger partial charge in [-0.25, -0.2) is 4.98 Å². The Labute approximate surface area is 101 Å². The van der Waals surface area contributed by atoms with Crippen molar-refractivity contribution in [3.8, 4) is 0 Å². The second-order valence-electron chi connectivity index (χ2n) is 4.78. The lowest BCUT2D eigenvalue weighted by atomic mass is 9.94. The van der Waals surface area contributed by atoms with Crippen molar-refractivity contribution in [3.63, 3.8) is 0 Å². The van der Waals surface area contributed by atoms with E-state index in [0.717, 1.165) is 17.2 Å².